The van der Waals surface area contributed by atoms with Gasteiger partial charge in [-0.3, -0.25) is 13.9 Å². The lowest BCUT2D eigenvalue weighted by Crippen LogP contribution is -2.51. The van der Waals surface area contributed by atoms with Crippen molar-refractivity contribution in [1.29, 1.82) is 0 Å². The highest BCUT2D eigenvalue weighted by atomic mass is 35.5. The number of nitrogens with zero attached hydrogens (tertiary/aromatic N) is 2. The monoisotopic (exact) mass is 603 g/mol. The molecule has 0 heterocycles. The summed E-state index contributed by atoms with van der Waals surface area (Å²) in [7, 11) is -4.12. The molecule has 3 rings (SSSR count). The molecule has 0 spiro atoms. The van der Waals surface area contributed by atoms with E-state index < -0.39 is 28.5 Å². The Bertz CT molecular complexity index is 1450. The molecule has 0 aromatic heterocycles. The maximum absolute atomic E-state index is 14.0. The van der Waals surface area contributed by atoms with Crippen molar-refractivity contribution < 1.29 is 18.0 Å². The summed E-state index contributed by atoms with van der Waals surface area (Å²) in [6.45, 7) is 7.37. The van der Waals surface area contributed by atoms with Gasteiger partial charge < -0.3 is 10.2 Å². The van der Waals surface area contributed by atoms with Gasteiger partial charge in [-0.05, 0) is 68.7 Å². The van der Waals surface area contributed by atoms with Crippen molar-refractivity contribution in [2.75, 3.05) is 17.4 Å². The third-order valence-electron chi connectivity index (χ3n) is 6.56. The maximum Gasteiger partial charge on any atom is 0.264 e. The number of carbonyl (C=O) groups is 2. The number of hydrogen-bond donors (Lipinski definition) is 1. The van der Waals surface area contributed by atoms with E-state index >= 15 is 0 Å². The summed E-state index contributed by atoms with van der Waals surface area (Å²) >= 11 is 12.3. The second-order valence-corrected chi connectivity index (χ2v) is 12.4. The Morgan fingerprint density at radius 2 is 1.65 bits per heavy atom. The molecule has 0 unspecified atom stereocenters. The lowest BCUT2D eigenvalue weighted by atomic mass is 10.1. The minimum atomic E-state index is -4.12. The van der Waals surface area contributed by atoms with Crippen LogP contribution in [-0.4, -0.2) is 44.3 Å². The van der Waals surface area contributed by atoms with Crippen molar-refractivity contribution in [3.63, 3.8) is 0 Å². The fourth-order valence-corrected chi connectivity index (χ4v) is 6.09. The van der Waals surface area contributed by atoms with Crippen LogP contribution in [0.4, 0.5) is 5.69 Å². The number of rotatable bonds is 12. The van der Waals surface area contributed by atoms with Crippen LogP contribution in [0.5, 0.6) is 0 Å². The number of benzene rings is 3. The van der Waals surface area contributed by atoms with Crippen LogP contribution in [0.15, 0.2) is 71.6 Å². The number of anilines is 1. The zero-order valence-corrected chi connectivity index (χ0v) is 25.5. The van der Waals surface area contributed by atoms with Gasteiger partial charge in [0.15, 0.2) is 0 Å². The highest BCUT2D eigenvalue weighted by Crippen LogP contribution is 2.29. The molecule has 0 saturated heterocycles. The predicted octanol–water partition coefficient (Wildman–Crippen LogP) is 6.14. The van der Waals surface area contributed by atoms with Gasteiger partial charge in [-0.25, -0.2) is 8.42 Å². The van der Waals surface area contributed by atoms with Crippen LogP contribution in [0.3, 0.4) is 0 Å². The summed E-state index contributed by atoms with van der Waals surface area (Å²) in [6, 6.07) is 17.4. The van der Waals surface area contributed by atoms with E-state index in [1.807, 2.05) is 19.9 Å². The van der Waals surface area contributed by atoms with Crippen LogP contribution in [0, 0.1) is 13.8 Å². The molecule has 40 heavy (non-hydrogen) atoms. The van der Waals surface area contributed by atoms with Gasteiger partial charge in [0.25, 0.3) is 10.0 Å². The largest absolute Gasteiger partial charge is 0.354 e. The summed E-state index contributed by atoms with van der Waals surface area (Å²) in [5, 5.41) is 3.55. The first-order chi connectivity index (χ1) is 18.9. The predicted molar refractivity (Wildman–Crippen MR) is 161 cm³/mol. The molecule has 2 amide bonds. The fourth-order valence-electron chi connectivity index (χ4n) is 4.27. The van der Waals surface area contributed by atoms with Gasteiger partial charge >= 0.3 is 0 Å². The average molecular weight is 605 g/mol. The molecule has 7 nitrogen and oxygen atoms in total. The zero-order chi connectivity index (χ0) is 29.4. The molecular weight excluding hydrogens is 569 g/mol. The van der Waals surface area contributed by atoms with Crippen LogP contribution >= 0.6 is 23.2 Å². The smallest absolute Gasteiger partial charge is 0.264 e. The normalized spacial score (nSPS) is 12.1. The molecule has 214 valence electrons. The zero-order valence-electron chi connectivity index (χ0n) is 23.2. The first kappa shape index (κ1) is 31.5. The van der Waals surface area contributed by atoms with Crippen molar-refractivity contribution in [2.45, 2.75) is 58.0 Å². The van der Waals surface area contributed by atoms with Crippen LogP contribution in [0.1, 0.15) is 43.4 Å². The highest BCUT2D eigenvalue weighted by Gasteiger charge is 2.33. The van der Waals surface area contributed by atoms with Crippen LogP contribution in [0.25, 0.3) is 0 Å². The quantitative estimate of drug-likeness (QED) is 0.252. The Morgan fingerprint density at radius 1 is 0.950 bits per heavy atom. The number of carbonyl (C=O) groups excluding carboxylic acids is 2. The minimum absolute atomic E-state index is 0.0319. The van der Waals surface area contributed by atoms with Gasteiger partial charge in [0.05, 0.1) is 20.6 Å². The summed E-state index contributed by atoms with van der Waals surface area (Å²) < 4.78 is 28.9. The standard InChI is InChI=1S/C30H35Cl2N3O4S/c1-5-6-16-33-30(37)23(4)34(19-24-13-14-26(31)27(32)18-24)29(36)20-35(28-15-12-21(2)17-22(28)3)40(38,39)25-10-8-7-9-11-25/h7-15,17-18,23H,5-6,16,19-20H2,1-4H3,(H,33,37)/t23-/m0/s1. The molecule has 3 aromatic rings. The Hall–Kier alpha value is -3.07. The Balaban J connectivity index is 2.03. The molecule has 0 saturated carbocycles. The highest BCUT2D eigenvalue weighted by molar-refractivity contribution is 7.92. The van der Waals surface area contributed by atoms with E-state index in [1.165, 1.54) is 17.0 Å². The molecule has 0 aliphatic carbocycles. The second-order valence-electron chi connectivity index (χ2n) is 9.71. The Morgan fingerprint density at radius 3 is 2.27 bits per heavy atom. The molecule has 1 atom stereocenters. The molecular formula is C30H35Cl2N3O4S. The first-order valence-corrected chi connectivity index (χ1v) is 15.3. The molecule has 10 heteroatoms. The van der Waals surface area contributed by atoms with E-state index in [9.17, 15) is 18.0 Å². The Labute approximate surface area is 247 Å². The van der Waals surface area contributed by atoms with Crippen molar-refractivity contribution in [3.8, 4) is 0 Å². The van der Waals surface area contributed by atoms with Crippen molar-refractivity contribution in [1.82, 2.24) is 10.2 Å². The average Bonchev–Trinajstić information content (AvgIpc) is 2.92. The topological polar surface area (TPSA) is 86.8 Å². The number of sulfonamides is 1. The third-order valence-corrected chi connectivity index (χ3v) is 9.08. The lowest BCUT2D eigenvalue weighted by Gasteiger charge is -2.32. The SMILES string of the molecule is CCCCNC(=O)[C@H](C)N(Cc1ccc(Cl)c(Cl)c1)C(=O)CN(c1ccc(C)cc1C)S(=O)(=O)c1ccccc1. The number of nitrogens with one attached hydrogen (secondary N) is 1. The summed E-state index contributed by atoms with van der Waals surface area (Å²) in [5.74, 6) is -0.866. The van der Waals surface area contributed by atoms with E-state index in [1.54, 1.807) is 62.4 Å². The maximum atomic E-state index is 14.0. The fraction of sp³-hybridized carbons (Fsp3) is 0.333. The van der Waals surface area contributed by atoms with E-state index in [2.05, 4.69) is 5.32 Å². The number of halogens is 2. The van der Waals surface area contributed by atoms with Crippen molar-refractivity contribution >= 4 is 50.7 Å². The summed E-state index contributed by atoms with van der Waals surface area (Å²) in [4.78, 5) is 28.5. The van der Waals surface area contributed by atoms with E-state index in [0.29, 0.717) is 33.4 Å². The summed E-state index contributed by atoms with van der Waals surface area (Å²) in [6.07, 6.45) is 1.71. The molecule has 3 aromatic carbocycles. The van der Waals surface area contributed by atoms with Crippen LogP contribution in [-0.2, 0) is 26.2 Å². The summed E-state index contributed by atoms with van der Waals surface area (Å²) in [5.41, 5.74) is 2.70. The van der Waals surface area contributed by atoms with Gasteiger partial charge in [-0.15, -0.1) is 0 Å². The van der Waals surface area contributed by atoms with Crippen LogP contribution in [0.2, 0.25) is 10.0 Å². The van der Waals surface area contributed by atoms with E-state index in [0.717, 1.165) is 22.7 Å². The van der Waals surface area contributed by atoms with Crippen LogP contribution < -0.4 is 9.62 Å². The lowest BCUT2D eigenvalue weighted by molar-refractivity contribution is -0.139. The molecule has 0 aliphatic heterocycles. The molecule has 0 fully saturated rings. The van der Waals surface area contributed by atoms with Gasteiger partial charge in [0.2, 0.25) is 11.8 Å². The van der Waals surface area contributed by atoms with Crippen molar-refractivity contribution in [3.05, 3.63) is 93.5 Å². The third kappa shape index (κ3) is 7.77. The molecule has 0 bridgehead atoms. The number of hydrogen-bond acceptors (Lipinski definition) is 4. The molecule has 1 N–H and O–H groups in total. The van der Waals surface area contributed by atoms with Gasteiger partial charge in [-0.1, -0.05) is 78.5 Å². The van der Waals surface area contributed by atoms with Gasteiger partial charge in [0, 0.05) is 13.1 Å². The molecule has 0 aliphatic rings. The van der Waals surface area contributed by atoms with E-state index in [4.69, 9.17) is 23.2 Å². The van der Waals surface area contributed by atoms with Crippen molar-refractivity contribution in [2.24, 2.45) is 0 Å². The second kappa shape index (κ2) is 14.0. The number of amides is 2. The van der Waals surface area contributed by atoms with Gasteiger partial charge in [-0.2, -0.15) is 0 Å². The Kier molecular flexibility index (Phi) is 11.0. The first-order valence-electron chi connectivity index (χ1n) is 13.1. The van der Waals surface area contributed by atoms with Gasteiger partial charge in [0.1, 0.15) is 12.6 Å². The minimum Gasteiger partial charge on any atom is -0.354 e. The number of aryl methyl sites for hydroxylation is 2. The molecule has 0 radical (unpaired) electrons. The van der Waals surface area contributed by atoms with E-state index in [-0.39, 0.29) is 17.3 Å². The number of unbranched alkanes of at least 4 members (excludes halogenated alkanes) is 1.